The Morgan fingerprint density at radius 3 is 2.38 bits per heavy atom. The quantitative estimate of drug-likeness (QED) is 0.865. The molecule has 0 aromatic heterocycles. The third kappa shape index (κ3) is 2.90. The highest BCUT2D eigenvalue weighted by molar-refractivity contribution is 6.63. The van der Waals surface area contributed by atoms with Gasteiger partial charge in [-0.3, -0.25) is 0 Å². The minimum absolute atomic E-state index is 0.195. The number of phenolic OH excluding ortho intramolecular Hbond substituents is 1. The maximum Gasteiger partial charge on any atom is 0.498 e. The Kier molecular flexibility index (Phi) is 3.45. The van der Waals surface area contributed by atoms with Crippen LogP contribution in [0, 0.1) is 5.92 Å². The first kappa shape index (κ1) is 14.7. The van der Waals surface area contributed by atoms with Gasteiger partial charge >= 0.3 is 7.12 Å². The highest BCUT2D eigenvalue weighted by Gasteiger charge is 2.52. The van der Waals surface area contributed by atoms with Gasteiger partial charge in [-0.1, -0.05) is 6.07 Å². The fraction of sp³-hybridized carbons (Fsp3) is 0.625. The van der Waals surface area contributed by atoms with E-state index in [1.54, 1.807) is 12.1 Å². The molecule has 2 aliphatic rings. The Bertz CT molecular complexity index is 521. The standard InChI is InChI=1S/C16H23BO4/c1-15(2)16(3,4)21-17(20-15)13-8-7-12(18)9-14(13)19-10-11-5-6-11/h7-9,11,18H,5-6,10H2,1-4H3. The first-order valence-corrected chi connectivity index (χ1v) is 7.60. The molecule has 5 heteroatoms. The second-order valence-corrected chi connectivity index (χ2v) is 7.06. The number of rotatable bonds is 4. The van der Waals surface area contributed by atoms with Gasteiger partial charge < -0.3 is 19.2 Å². The summed E-state index contributed by atoms with van der Waals surface area (Å²) in [7, 11) is -0.468. The van der Waals surface area contributed by atoms with Crippen LogP contribution in [0.2, 0.25) is 0 Å². The average Bonchev–Trinajstić information content (AvgIpc) is 3.15. The fourth-order valence-electron chi connectivity index (χ4n) is 2.30. The second kappa shape index (κ2) is 4.92. The predicted octanol–water partition coefficient (Wildman–Crippen LogP) is 2.48. The van der Waals surface area contributed by atoms with Gasteiger partial charge in [-0.2, -0.15) is 0 Å². The van der Waals surface area contributed by atoms with E-state index < -0.39 is 7.12 Å². The van der Waals surface area contributed by atoms with Crippen LogP contribution in [-0.4, -0.2) is 30.0 Å². The number of hydrogen-bond acceptors (Lipinski definition) is 4. The summed E-state index contributed by atoms with van der Waals surface area (Å²) in [4.78, 5) is 0. The van der Waals surface area contributed by atoms with Gasteiger partial charge in [0.25, 0.3) is 0 Å². The lowest BCUT2D eigenvalue weighted by molar-refractivity contribution is 0.00578. The van der Waals surface area contributed by atoms with Crippen molar-refractivity contribution in [1.82, 2.24) is 0 Å². The minimum atomic E-state index is -0.468. The van der Waals surface area contributed by atoms with Crippen LogP contribution in [-0.2, 0) is 9.31 Å². The van der Waals surface area contributed by atoms with E-state index in [9.17, 15) is 5.11 Å². The van der Waals surface area contributed by atoms with Crippen molar-refractivity contribution in [2.75, 3.05) is 6.61 Å². The van der Waals surface area contributed by atoms with Crippen molar-refractivity contribution in [1.29, 1.82) is 0 Å². The Hall–Kier alpha value is -1.20. The molecular formula is C16H23BO4. The minimum Gasteiger partial charge on any atom is -0.508 e. The molecule has 0 radical (unpaired) electrons. The molecule has 1 aliphatic carbocycles. The van der Waals surface area contributed by atoms with Gasteiger partial charge in [0.05, 0.1) is 17.8 Å². The van der Waals surface area contributed by atoms with E-state index in [4.69, 9.17) is 14.0 Å². The summed E-state index contributed by atoms with van der Waals surface area (Å²) in [5, 5.41) is 9.70. The maximum absolute atomic E-state index is 9.70. The van der Waals surface area contributed by atoms with Gasteiger partial charge in [0.1, 0.15) is 11.5 Å². The van der Waals surface area contributed by atoms with Crippen molar-refractivity contribution in [3.63, 3.8) is 0 Å². The lowest BCUT2D eigenvalue weighted by Gasteiger charge is -2.32. The zero-order valence-corrected chi connectivity index (χ0v) is 13.2. The summed E-state index contributed by atoms with van der Waals surface area (Å²) >= 11 is 0. The number of aromatic hydroxyl groups is 1. The molecule has 1 aromatic rings. The summed E-state index contributed by atoms with van der Waals surface area (Å²) in [6.07, 6.45) is 2.45. The Morgan fingerprint density at radius 2 is 1.81 bits per heavy atom. The van der Waals surface area contributed by atoms with Crippen LogP contribution < -0.4 is 10.2 Å². The molecule has 0 unspecified atom stereocenters. The molecule has 1 saturated carbocycles. The van der Waals surface area contributed by atoms with Crippen molar-refractivity contribution in [3.8, 4) is 11.5 Å². The summed E-state index contributed by atoms with van der Waals surface area (Å²) in [6, 6.07) is 5.10. The number of ether oxygens (including phenoxy) is 1. The highest BCUT2D eigenvalue weighted by Crippen LogP contribution is 2.37. The summed E-state index contributed by atoms with van der Waals surface area (Å²) in [5.74, 6) is 1.50. The number of benzene rings is 1. The molecule has 114 valence electrons. The maximum atomic E-state index is 9.70. The SMILES string of the molecule is CC1(C)OB(c2ccc(O)cc2OCC2CC2)OC1(C)C. The fourth-order valence-corrected chi connectivity index (χ4v) is 2.30. The Morgan fingerprint density at radius 1 is 1.19 bits per heavy atom. The number of hydrogen-bond donors (Lipinski definition) is 1. The predicted molar refractivity (Wildman–Crippen MR) is 82.0 cm³/mol. The molecule has 1 aromatic carbocycles. The van der Waals surface area contributed by atoms with Crippen LogP contribution >= 0.6 is 0 Å². The molecule has 0 spiro atoms. The van der Waals surface area contributed by atoms with Gasteiger partial charge in [0, 0.05) is 11.5 Å². The second-order valence-electron chi connectivity index (χ2n) is 7.06. The highest BCUT2D eigenvalue weighted by atomic mass is 16.7. The molecule has 2 fully saturated rings. The summed E-state index contributed by atoms with van der Waals surface area (Å²) in [6.45, 7) is 8.79. The van der Waals surface area contributed by atoms with Crippen LogP contribution in [0.25, 0.3) is 0 Å². The molecular weight excluding hydrogens is 267 g/mol. The van der Waals surface area contributed by atoms with Crippen LogP contribution in [0.4, 0.5) is 0 Å². The molecule has 3 rings (SSSR count). The first-order valence-electron chi connectivity index (χ1n) is 7.60. The third-order valence-electron chi connectivity index (χ3n) is 4.68. The molecule has 21 heavy (non-hydrogen) atoms. The van der Waals surface area contributed by atoms with Gasteiger partial charge in [0.2, 0.25) is 0 Å². The normalized spacial score (nSPS) is 23.3. The molecule has 4 nitrogen and oxygen atoms in total. The molecule has 1 saturated heterocycles. The Balaban J connectivity index is 1.84. The molecule has 1 aliphatic heterocycles. The van der Waals surface area contributed by atoms with Crippen molar-refractivity contribution in [2.45, 2.75) is 51.7 Å². The lowest BCUT2D eigenvalue weighted by Crippen LogP contribution is -2.41. The first-order chi connectivity index (χ1) is 9.78. The summed E-state index contributed by atoms with van der Waals surface area (Å²) < 4.78 is 18.0. The Labute approximate surface area is 126 Å². The van der Waals surface area contributed by atoms with Gasteiger partial charge in [-0.25, -0.2) is 0 Å². The molecule has 1 heterocycles. The topological polar surface area (TPSA) is 47.9 Å². The van der Waals surface area contributed by atoms with E-state index in [0.29, 0.717) is 18.3 Å². The van der Waals surface area contributed by atoms with E-state index >= 15 is 0 Å². The average molecular weight is 290 g/mol. The number of phenols is 1. The van der Waals surface area contributed by atoms with Gasteiger partial charge in [-0.15, -0.1) is 0 Å². The van der Waals surface area contributed by atoms with E-state index in [0.717, 1.165) is 5.46 Å². The van der Waals surface area contributed by atoms with Crippen LogP contribution in [0.1, 0.15) is 40.5 Å². The monoisotopic (exact) mass is 290 g/mol. The largest absolute Gasteiger partial charge is 0.508 e. The van der Waals surface area contributed by atoms with Crippen molar-refractivity contribution >= 4 is 12.6 Å². The van der Waals surface area contributed by atoms with Crippen molar-refractivity contribution in [3.05, 3.63) is 18.2 Å². The van der Waals surface area contributed by atoms with E-state index in [-0.39, 0.29) is 17.0 Å². The van der Waals surface area contributed by atoms with Gasteiger partial charge in [-0.05, 0) is 52.5 Å². The van der Waals surface area contributed by atoms with E-state index in [1.165, 1.54) is 12.8 Å². The van der Waals surface area contributed by atoms with E-state index in [1.807, 2.05) is 33.8 Å². The van der Waals surface area contributed by atoms with Crippen LogP contribution in [0.15, 0.2) is 18.2 Å². The summed E-state index contributed by atoms with van der Waals surface area (Å²) in [5.41, 5.74) is 0.0687. The van der Waals surface area contributed by atoms with E-state index in [2.05, 4.69) is 0 Å². The molecule has 0 atom stereocenters. The molecule has 0 bridgehead atoms. The zero-order valence-electron chi connectivity index (χ0n) is 13.2. The molecule has 1 N–H and O–H groups in total. The van der Waals surface area contributed by atoms with Crippen molar-refractivity contribution in [2.24, 2.45) is 5.92 Å². The third-order valence-corrected chi connectivity index (χ3v) is 4.68. The smallest absolute Gasteiger partial charge is 0.498 e. The van der Waals surface area contributed by atoms with Crippen LogP contribution in [0.3, 0.4) is 0 Å². The van der Waals surface area contributed by atoms with Crippen molar-refractivity contribution < 1.29 is 19.2 Å². The molecule has 0 amide bonds. The van der Waals surface area contributed by atoms with Gasteiger partial charge in [0.15, 0.2) is 0 Å². The van der Waals surface area contributed by atoms with Crippen LogP contribution in [0.5, 0.6) is 11.5 Å². The zero-order chi connectivity index (χ0) is 15.3. The lowest BCUT2D eigenvalue weighted by atomic mass is 9.78.